The molecule has 2 aromatic heterocycles. The number of nitrogens with one attached hydrogen (secondary N) is 1. The number of aromatic carboxylic acids is 1. The van der Waals surface area contributed by atoms with Gasteiger partial charge in [0.15, 0.2) is 0 Å². The number of benzene rings is 1. The number of hydrogen-bond acceptors (Lipinski definition) is 5. The number of aromatic nitrogens is 4. The predicted octanol–water partition coefficient (Wildman–Crippen LogP) is 0.448. The Labute approximate surface area is 117 Å². The largest absolute Gasteiger partial charge is 0.478 e. The van der Waals surface area contributed by atoms with E-state index < -0.39 is 5.97 Å². The highest BCUT2D eigenvalue weighted by Crippen LogP contribution is 2.16. The smallest absolute Gasteiger partial charge is 0.335 e. The third kappa shape index (κ3) is 2.46. The van der Waals surface area contributed by atoms with E-state index in [-0.39, 0.29) is 23.6 Å². The Morgan fingerprint density at radius 2 is 2.19 bits per heavy atom. The van der Waals surface area contributed by atoms with Crippen molar-refractivity contribution in [1.82, 2.24) is 19.7 Å². The van der Waals surface area contributed by atoms with Crippen LogP contribution in [0.3, 0.4) is 0 Å². The number of carboxylic acids is 1. The molecule has 8 nitrogen and oxygen atoms in total. The molecule has 8 heteroatoms. The number of aromatic amines is 1. The third-order valence-electron chi connectivity index (χ3n) is 3.01. The number of nitrogens with zero attached hydrogens (tertiary/aromatic N) is 3. The number of H-pyrrole nitrogens is 1. The van der Waals surface area contributed by atoms with Crippen LogP contribution >= 0.6 is 0 Å². The molecule has 0 saturated heterocycles. The second-order valence-corrected chi connectivity index (χ2v) is 4.50. The Balaban J connectivity index is 2.01. The number of carbonyl (C=O) groups is 1. The first-order chi connectivity index (χ1) is 10.0. The van der Waals surface area contributed by atoms with E-state index in [2.05, 4.69) is 15.1 Å². The van der Waals surface area contributed by atoms with Gasteiger partial charge in [0.2, 0.25) is 5.95 Å². The lowest BCUT2D eigenvalue weighted by Gasteiger charge is -2.04. The summed E-state index contributed by atoms with van der Waals surface area (Å²) >= 11 is 0. The van der Waals surface area contributed by atoms with Crippen molar-refractivity contribution < 1.29 is 9.90 Å². The average Bonchev–Trinajstić information content (AvgIpc) is 2.80. The first-order valence-corrected chi connectivity index (χ1v) is 6.07. The Morgan fingerprint density at radius 1 is 1.38 bits per heavy atom. The normalized spacial score (nSPS) is 10.9. The molecule has 1 aromatic carbocycles. The molecule has 3 aromatic rings. The van der Waals surface area contributed by atoms with Crippen LogP contribution < -0.4 is 11.3 Å². The van der Waals surface area contributed by atoms with Crippen molar-refractivity contribution in [1.29, 1.82) is 0 Å². The summed E-state index contributed by atoms with van der Waals surface area (Å²) in [6.07, 6.45) is 1.57. The second kappa shape index (κ2) is 4.75. The van der Waals surface area contributed by atoms with Gasteiger partial charge in [-0.15, -0.1) is 0 Å². The van der Waals surface area contributed by atoms with Gasteiger partial charge >= 0.3 is 5.97 Å². The minimum Gasteiger partial charge on any atom is -0.478 e. The lowest BCUT2D eigenvalue weighted by molar-refractivity contribution is 0.0697. The standard InChI is InChI=1S/C13H11N5O3/c14-13-16-9(4-11(19)17-13)6-18-10-2-1-7(12(20)21)3-8(10)5-15-18/h1-5H,6H2,(H,20,21)(H3,14,16,17,19). The number of hydrogen-bond donors (Lipinski definition) is 3. The number of rotatable bonds is 3. The average molecular weight is 285 g/mol. The Hall–Kier alpha value is -3.16. The van der Waals surface area contributed by atoms with Crippen LogP contribution in [-0.4, -0.2) is 30.8 Å². The van der Waals surface area contributed by atoms with E-state index in [1.165, 1.54) is 12.1 Å². The van der Waals surface area contributed by atoms with Crippen LogP contribution in [-0.2, 0) is 6.54 Å². The van der Waals surface area contributed by atoms with Gasteiger partial charge in [-0.25, -0.2) is 9.78 Å². The molecule has 0 amide bonds. The molecule has 0 saturated carbocycles. The number of carboxylic acid groups (broad SMARTS) is 1. The van der Waals surface area contributed by atoms with Gasteiger partial charge in [-0.1, -0.05) is 0 Å². The van der Waals surface area contributed by atoms with Crippen LogP contribution in [0.5, 0.6) is 0 Å². The first kappa shape index (κ1) is 12.9. The monoisotopic (exact) mass is 285 g/mol. The fourth-order valence-electron chi connectivity index (χ4n) is 2.11. The van der Waals surface area contributed by atoms with Crippen LogP contribution in [0.25, 0.3) is 10.9 Å². The lowest BCUT2D eigenvalue weighted by atomic mass is 10.1. The Kier molecular flexibility index (Phi) is 2.90. The molecule has 0 spiro atoms. The van der Waals surface area contributed by atoms with E-state index in [9.17, 15) is 9.59 Å². The van der Waals surface area contributed by atoms with Crippen molar-refractivity contribution in [3.05, 3.63) is 52.1 Å². The van der Waals surface area contributed by atoms with Crippen molar-refractivity contribution in [2.45, 2.75) is 6.54 Å². The molecule has 0 unspecified atom stereocenters. The minimum absolute atomic E-state index is 0.0436. The molecule has 0 aliphatic rings. The predicted molar refractivity (Wildman–Crippen MR) is 75.1 cm³/mol. The maximum atomic E-state index is 11.4. The SMILES string of the molecule is Nc1nc(Cn2ncc3cc(C(=O)O)ccc32)cc(=O)[nH]1. The van der Waals surface area contributed by atoms with Gasteiger partial charge in [0.25, 0.3) is 5.56 Å². The van der Waals surface area contributed by atoms with Gasteiger partial charge < -0.3 is 10.8 Å². The zero-order chi connectivity index (χ0) is 15.0. The fourth-order valence-corrected chi connectivity index (χ4v) is 2.11. The molecule has 0 aliphatic heterocycles. The summed E-state index contributed by atoms with van der Waals surface area (Å²) in [5.74, 6) is -0.948. The molecule has 0 fully saturated rings. The maximum Gasteiger partial charge on any atom is 0.335 e. The molecule has 0 bridgehead atoms. The van der Waals surface area contributed by atoms with Crippen LogP contribution in [0, 0.1) is 0 Å². The molecule has 0 radical (unpaired) electrons. The van der Waals surface area contributed by atoms with E-state index in [4.69, 9.17) is 10.8 Å². The highest BCUT2D eigenvalue weighted by Gasteiger charge is 2.09. The number of fused-ring (bicyclic) bond motifs is 1. The van der Waals surface area contributed by atoms with Crippen LogP contribution in [0.1, 0.15) is 16.1 Å². The second-order valence-electron chi connectivity index (χ2n) is 4.50. The summed E-state index contributed by atoms with van der Waals surface area (Å²) in [5.41, 5.74) is 6.58. The molecule has 2 heterocycles. The van der Waals surface area contributed by atoms with Crippen molar-refractivity contribution in [2.75, 3.05) is 5.73 Å². The summed E-state index contributed by atoms with van der Waals surface area (Å²) in [4.78, 5) is 28.7. The van der Waals surface area contributed by atoms with Crippen molar-refractivity contribution in [3.8, 4) is 0 Å². The zero-order valence-corrected chi connectivity index (χ0v) is 10.8. The third-order valence-corrected chi connectivity index (χ3v) is 3.01. The molecular formula is C13H11N5O3. The van der Waals surface area contributed by atoms with Crippen molar-refractivity contribution >= 4 is 22.8 Å². The van der Waals surface area contributed by atoms with Gasteiger partial charge in [0.1, 0.15) is 0 Å². The molecule has 0 aliphatic carbocycles. The summed E-state index contributed by atoms with van der Waals surface area (Å²) in [7, 11) is 0. The van der Waals surface area contributed by atoms with E-state index in [1.54, 1.807) is 23.0 Å². The number of nitrogens with two attached hydrogens (primary N) is 1. The zero-order valence-electron chi connectivity index (χ0n) is 10.8. The molecule has 4 N–H and O–H groups in total. The molecular weight excluding hydrogens is 274 g/mol. The van der Waals surface area contributed by atoms with E-state index >= 15 is 0 Å². The summed E-state index contributed by atoms with van der Waals surface area (Å²) in [6, 6.07) is 6.06. The van der Waals surface area contributed by atoms with Gasteiger partial charge in [-0.2, -0.15) is 5.10 Å². The topological polar surface area (TPSA) is 127 Å². The fraction of sp³-hybridized carbons (Fsp3) is 0.0769. The number of nitrogen functional groups attached to an aromatic ring is 1. The Morgan fingerprint density at radius 3 is 2.90 bits per heavy atom. The first-order valence-electron chi connectivity index (χ1n) is 6.07. The van der Waals surface area contributed by atoms with Gasteiger partial charge in [-0.05, 0) is 18.2 Å². The van der Waals surface area contributed by atoms with Crippen LogP contribution in [0.4, 0.5) is 5.95 Å². The van der Waals surface area contributed by atoms with Gasteiger partial charge in [-0.3, -0.25) is 14.5 Å². The molecule has 106 valence electrons. The number of anilines is 1. The van der Waals surface area contributed by atoms with Crippen molar-refractivity contribution in [2.24, 2.45) is 0 Å². The van der Waals surface area contributed by atoms with Gasteiger partial charge in [0.05, 0.1) is 29.5 Å². The lowest BCUT2D eigenvalue weighted by Crippen LogP contribution is -2.14. The van der Waals surface area contributed by atoms with Crippen molar-refractivity contribution in [3.63, 3.8) is 0 Å². The summed E-state index contributed by atoms with van der Waals surface area (Å²) in [6.45, 7) is 0.268. The Bertz CT molecular complexity index is 896. The molecule has 3 rings (SSSR count). The highest BCUT2D eigenvalue weighted by atomic mass is 16.4. The van der Waals surface area contributed by atoms with Crippen LogP contribution in [0.15, 0.2) is 35.3 Å². The van der Waals surface area contributed by atoms with Gasteiger partial charge in [0, 0.05) is 11.5 Å². The van der Waals surface area contributed by atoms with E-state index in [1.807, 2.05) is 0 Å². The molecule has 0 atom stereocenters. The summed E-state index contributed by atoms with van der Waals surface area (Å²) in [5, 5.41) is 13.8. The molecule has 21 heavy (non-hydrogen) atoms. The van der Waals surface area contributed by atoms with E-state index in [0.29, 0.717) is 11.1 Å². The maximum absolute atomic E-state index is 11.4. The quantitative estimate of drug-likeness (QED) is 0.641. The highest BCUT2D eigenvalue weighted by molar-refractivity contribution is 5.93. The summed E-state index contributed by atoms with van der Waals surface area (Å²) < 4.78 is 1.63. The van der Waals surface area contributed by atoms with E-state index in [0.717, 1.165) is 5.52 Å². The van der Waals surface area contributed by atoms with Crippen LogP contribution in [0.2, 0.25) is 0 Å². The minimum atomic E-state index is -0.992.